The van der Waals surface area contributed by atoms with Crippen LogP contribution in [0, 0.1) is 11.6 Å². The van der Waals surface area contributed by atoms with E-state index < -0.39 is 17.2 Å². The van der Waals surface area contributed by atoms with Crippen molar-refractivity contribution in [2.45, 2.75) is 44.8 Å². The van der Waals surface area contributed by atoms with E-state index in [1.165, 1.54) is 0 Å². The summed E-state index contributed by atoms with van der Waals surface area (Å²) in [6.07, 6.45) is 2.74. The van der Waals surface area contributed by atoms with Gasteiger partial charge in [-0.3, -0.25) is 0 Å². The van der Waals surface area contributed by atoms with Gasteiger partial charge >= 0.3 is 0 Å². The maximum atomic E-state index is 14.0. The summed E-state index contributed by atoms with van der Waals surface area (Å²) >= 11 is 0. The van der Waals surface area contributed by atoms with Gasteiger partial charge in [0.1, 0.15) is 0 Å². The fourth-order valence-corrected chi connectivity index (χ4v) is 2.72. The van der Waals surface area contributed by atoms with Crippen molar-refractivity contribution >= 4 is 0 Å². The smallest absolute Gasteiger partial charge is 0.163 e. The van der Waals surface area contributed by atoms with E-state index in [2.05, 4.69) is 5.32 Å². The number of halogens is 2. The first-order valence-electron chi connectivity index (χ1n) is 6.90. The van der Waals surface area contributed by atoms with Crippen molar-refractivity contribution < 1.29 is 13.5 Å². The molecule has 4 heteroatoms. The van der Waals surface area contributed by atoms with Crippen molar-refractivity contribution in [2.75, 3.05) is 13.2 Å². The van der Waals surface area contributed by atoms with Crippen molar-refractivity contribution in [3.8, 4) is 0 Å². The average Bonchev–Trinajstić information content (AvgIpc) is 2.82. The molecule has 0 spiro atoms. The third-order valence-corrected chi connectivity index (χ3v) is 3.75. The fourth-order valence-electron chi connectivity index (χ4n) is 2.72. The predicted octanol–water partition coefficient (Wildman–Crippen LogP) is 3.57. The first-order valence-corrected chi connectivity index (χ1v) is 6.90. The third kappa shape index (κ3) is 2.95. The van der Waals surface area contributed by atoms with Crippen molar-refractivity contribution in [2.24, 2.45) is 0 Å². The monoisotopic (exact) mass is 269 g/mol. The number of nitrogens with one attached hydrogen (secondary N) is 1. The van der Waals surface area contributed by atoms with Gasteiger partial charge in [-0.15, -0.1) is 0 Å². The van der Waals surface area contributed by atoms with Crippen LogP contribution in [0.4, 0.5) is 8.78 Å². The van der Waals surface area contributed by atoms with Gasteiger partial charge in [0, 0.05) is 12.2 Å². The number of ether oxygens (including phenoxy) is 1. The summed E-state index contributed by atoms with van der Waals surface area (Å²) in [7, 11) is 0. The Morgan fingerprint density at radius 3 is 2.84 bits per heavy atom. The Morgan fingerprint density at radius 1 is 1.42 bits per heavy atom. The van der Waals surface area contributed by atoms with E-state index in [1.807, 2.05) is 13.8 Å². The molecule has 2 rings (SSSR count). The summed E-state index contributed by atoms with van der Waals surface area (Å²) in [5, 5.41) is 3.30. The van der Waals surface area contributed by atoms with Crippen molar-refractivity contribution in [3.63, 3.8) is 0 Å². The number of hydrogen-bond donors (Lipinski definition) is 1. The molecule has 0 saturated carbocycles. The second kappa shape index (κ2) is 5.97. The van der Waals surface area contributed by atoms with Crippen LogP contribution < -0.4 is 5.32 Å². The second-order valence-corrected chi connectivity index (χ2v) is 5.29. The highest BCUT2D eigenvalue weighted by atomic mass is 19.2. The molecule has 1 saturated heterocycles. The Kier molecular flexibility index (Phi) is 4.53. The highest BCUT2D eigenvalue weighted by Gasteiger charge is 2.40. The van der Waals surface area contributed by atoms with Gasteiger partial charge in [0.25, 0.3) is 0 Å². The van der Waals surface area contributed by atoms with Gasteiger partial charge in [-0.1, -0.05) is 19.1 Å². The first kappa shape index (κ1) is 14.4. The molecule has 2 nitrogen and oxygen atoms in total. The van der Waals surface area contributed by atoms with Gasteiger partial charge in [0.2, 0.25) is 0 Å². The Morgan fingerprint density at radius 2 is 2.21 bits per heavy atom. The highest BCUT2D eigenvalue weighted by Crippen LogP contribution is 2.38. The van der Waals surface area contributed by atoms with E-state index >= 15 is 0 Å². The van der Waals surface area contributed by atoms with Crippen molar-refractivity contribution in [3.05, 3.63) is 35.4 Å². The van der Waals surface area contributed by atoms with Crippen LogP contribution in [0.15, 0.2) is 18.2 Å². The Balaban J connectivity index is 2.34. The van der Waals surface area contributed by atoms with Gasteiger partial charge in [0.15, 0.2) is 11.6 Å². The molecule has 1 N–H and O–H groups in total. The van der Waals surface area contributed by atoms with Crippen LogP contribution >= 0.6 is 0 Å². The SMILES string of the molecule is CCCNC(c1cccc(F)c1F)C1(C)CCCO1. The zero-order valence-electron chi connectivity index (χ0n) is 11.5. The molecule has 0 bridgehead atoms. The Bertz CT molecular complexity index is 430. The molecular formula is C15H21F2NO. The minimum Gasteiger partial charge on any atom is -0.373 e. The standard InChI is InChI=1S/C15H21F2NO/c1-3-9-18-14(15(2)8-5-10-19-15)11-6-4-7-12(16)13(11)17/h4,6-7,14,18H,3,5,8-10H2,1-2H3. The molecule has 0 aromatic heterocycles. The zero-order chi connectivity index (χ0) is 13.9. The lowest BCUT2D eigenvalue weighted by Crippen LogP contribution is -2.42. The van der Waals surface area contributed by atoms with Crippen LogP contribution in [0.2, 0.25) is 0 Å². The maximum Gasteiger partial charge on any atom is 0.163 e. The van der Waals surface area contributed by atoms with Crippen LogP contribution in [0.1, 0.15) is 44.7 Å². The lowest BCUT2D eigenvalue weighted by Gasteiger charge is -2.34. The maximum absolute atomic E-state index is 14.0. The molecular weight excluding hydrogens is 248 g/mol. The molecule has 0 amide bonds. The normalized spacial score (nSPS) is 24.6. The van der Waals surface area contributed by atoms with Gasteiger partial charge in [-0.25, -0.2) is 8.78 Å². The predicted molar refractivity (Wildman–Crippen MR) is 71.0 cm³/mol. The summed E-state index contributed by atoms with van der Waals surface area (Å²) in [5.74, 6) is -1.57. The minimum absolute atomic E-state index is 0.314. The third-order valence-electron chi connectivity index (χ3n) is 3.75. The number of hydrogen-bond acceptors (Lipinski definition) is 2. The molecule has 1 fully saturated rings. The van der Waals surface area contributed by atoms with Crippen LogP contribution in [-0.4, -0.2) is 18.8 Å². The number of rotatable bonds is 5. The summed E-state index contributed by atoms with van der Waals surface area (Å²) in [6.45, 7) is 5.44. The molecule has 2 unspecified atom stereocenters. The summed E-state index contributed by atoms with van der Waals surface area (Å²) in [4.78, 5) is 0. The van der Waals surface area contributed by atoms with Crippen molar-refractivity contribution in [1.82, 2.24) is 5.32 Å². The molecule has 1 aliphatic heterocycles. The minimum atomic E-state index is -0.803. The highest BCUT2D eigenvalue weighted by molar-refractivity contribution is 5.25. The van der Waals surface area contributed by atoms with E-state index in [1.54, 1.807) is 12.1 Å². The Hall–Kier alpha value is -1.00. The van der Waals surface area contributed by atoms with Gasteiger partial charge in [-0.05, 0) is 38.8 Å². The van der Waals surface area contributed by atoms with E-state index in [0.717, 1.165) is 31.9 Å². The largest absolute Gasteiger partial charge is 0.373 e. The molecule has 0 aliphatic carbocycles. The summed E-state index contributed by atoms with van der Waals surface area (Å²) in [6, 6.07) is 4.02. The fraction of sp³-hybridized carbons (Fsp3) is 0.600. The number of benzene rings is 1. The average molecular weight is 269 g/mol. The van der Waals surface area contributed by atoms with E-state index in [4.69, 9.17) is 4.74 Å². The zero-order valence-corrected chi connectivity index (χ0v) is 11.5. The van der Waals surface area contributed by atoms with Crippen LogP contribution in [0.5, 0.6) is 0 Å². The molecule has 1 heterocycles. The molecule has 1 aromatic carbocycles. The van der Waals surface area contributed by atoms with Crippen LogP contribution in [0.25, 0.3) is 0 Å². The molecule has 1 aromatic rings. The molecule has 0 radical (unpaired) electrons. The molecule has 2 atom stereocenters. The quantitative estimate of drug-likeness (QED) is 0.882. The van der Waals surface area contributed by atoms with Gasteiger partial charge in [0.05, 0.1) is 11.6 Å². The van der Waals surface area contributed by atoms with Gasteiger partial charge < -0.3 is 10.1 Å². The second-order valence-electron chi connectivity index (χ2n) is 5.29. The first-order chi connectivity index (χ1) is 9.08. The van der Waals surface area contributed by atoms with E-state index in [9.17, 15) is 8.78 Å². The topological polar surface area (TPSA) is 21.3 Å². The van der Waals surface area contributed by atoms with E-state index in [-0.39, 0.29) is 6.04 Å². The van der Waals surface area contributed by atoms with E-state index in [0.29, 0.717) is 12.2 Å². The molecule has 19 heavy (non-hydrogen) atoms. The molecule has 1 aliphatic rings. The Labute approximate surface area is 113 Å². The van der Waals surface area contributed by atoms with Crippen LogP contribution in [0.3, 0.4) is 0 Å². The molecule has 106 valence electrons. The lowest BCUT2D eigenvalue weighted by atomic mass is 9.87. The lowest BCUT2D eigenvalue weighted by molar-refractivity contribution is -0.0135. The summed E-state index contributed by atoms with van der Waals surface area (Å²) < 4.78 is 33.3. The summed E-state index contributed by atoms with van der Waals surface area (Å²) in [5.41, 5.74) is -0.109. The van der Waals surface area contributed by atoms with Crippen molar-refractivity contribution in [1.29, 1.82) is 0 Å². The van der Waals surface area contributed by atoms with Crippen LogP contribution in [-0.2, 0) is 4.74 Å². The van der Waals surface area contributed by atoms with Gasteiger partial charge in [-0.2, -0.15) is 0 Å².